The quantitative estimate of drug-likeness (QED) is 0.719. The van der Waals surface area contributed by atoms with Crippen molar-refractivity contribution in [3.63, 3.8) is 0 Å². The number of aromatic hydroxyl groups is 1. The number of halogens is 3. The average Bonchev–Trinajstić information content (AvgIpc) is 2.88. The Bertz CT molecular complexity index is 1020. The van der Waals surface area contributed by atoms with Crippen LogP contribution >= 0.6 is 12.2 Å². The number of nitriles is 1. The number of alkyl halides is 3. The molecule has 6 nitrogen and oxygen atoms in total. The van der Waals surface area contributed by atoms with Gasteiger partial charge in [-0.1, -0.05) is 0 Å². The number of anilines is 2. The number of thiocarbonyl (C=S) groups is 1. The van der Waals surface area contributed by atoms with Crippen molar-refractivity contribution in [1.29, 1.82) is 5.26 Å². The van der Waals surface area contributed by atoms with Crippen LogP contribution < -0.4 is 9.80 Å². The maximum Gasteiger partial charge on any atom is 0.417 e. The predicted molar refractivity (Wildman–Crippen MR) is 102 cm³/mol. The van der Waals surface area contributed by atoms with Gasteiger partial charge in [-0.2, -0.15) is 18.4 Å². The van der Waals surface area contributed by atoms with Crippen LogP contribution in [-0.4, -0.2) is 32.1 Å². The molecule has 2 aromatic rings. The van der Waals surface area contributed by atoms with Crippen molar-refractivity contribution >= 4 is 28.7 Å². The molecule has 2 aliphatic rings. The highest BCUT2D eigenvalue weighted by molar-refractivity contribution is 7.80. The summed E-state index contributed by atoms with van der Waals surface area (Å²) in [5.74, 6) is -0.180. The standard InChI is InChI=1S/C19H15F3N4O2S/c20-19(21,22)14-8-12(3-2-11(14)9-23)25-16(28)18(6-1-7-18)26(17(25)29)13-4-5-15(27)24-10-13/h2-5,8,10,16,28H,1,6-7H2,(H,24,27). The van der Waals surface area contributed by atoms with Crippen LogP contribution in [0.2, 0.25) is 0 Å². The van der Waals surface area contributed by atoms with Crippen molar-refractivity contribution < 1.29 is 23.4 Å². The van der Waals surface area contributed by atoms with E-state index in [4.69, 9.17) is 17.5 Å². The highest BCUT2D eigenvalue weighted by Gasteiger charge is 2.59. The third-order valence-electron chi connectivity index (χ3n) is 5.48. The Labute approximate surface area is 169 Å². The molecule has 1 unspecified atom stereocenters. The lowest BCUT2D eigenvalue weighted by atomic mass is 9.74. The van der Waals surface area contributed by atoms with E-state index in [1.165, 1.54) is 23.2 Å². The average molecular weight is 420 g/mol. The van der Waals surface area contributed by atoms with E-state index in [2.05, 4.69) is 4.98 Å². The van der Waals surface area contributed by atoms with E-state index in [-0.39, 0.29) is 16.7 Å². The largest absolute Gasteiger partial charge is 0.493 e. The summed E-state index contributed by atoms with van der Waals surface area (Å²) in [7, 11) is 0. The summed E-state index contributed by atoms with van der Waals surface area (Å²) in [6.45, 7) is 0. The molecule has 4 rings (SSSR count). The number of rotatable bonds is 2. The van der Waals surface area contributed by atoms with Gasteiger partial charge in [0.15, 0.2) is 11.3 Å². The first-order valence-corrected chi connectivity index (χ1v) is 9.18. The second kappa shape index (κ2) is 6.57. The number of aliphatic hydroxyl groups is 1. The number of pyridine rings is 1. The first-order valence-electron chi connectivity index (χ1n) is 8.77. The fraction of sp³-hybridized carbons (Fsp3) is 0.316. The molecule has 0 bridgehead atoms. The van der Waals surface area contributed by atoms with Gasteiger partial charge in [-0.15, -0.1) is 0 Å². The van der Waals surface area contributed by atoms with Gasteiger partial charge in [-0.25, -0.2) is 4.98 Å². The Morgan fingerprint density at radius 2 is 1.90 bits per heavy atom. The lowest BCUT2D eigenvalue weighted by Crippen LogP contribution is -2.57. The van der Waals surface area contributed by atoms with E-state index in [0.29, 0.717) is 18.5 Å². The molecule has 1 atom stereocenters. The molecule has 150 valence electrons. The van der Waals surface area contributed by atoms with Gasteiger partial charge in [0.2, 0.25) is 5.88 Å². The van der Waals surface area contributed by atoms with Crippen molar-refractivity contribution in [3.05, 3.63) is 47.7 Å². The lowest BCUT2D eigenvalue weighted by molar-refractivity contribution is -0.137. The zero-order valence-electron chi connectivity index (χ0n) is 14.9. The molecule has 2 N–H and O–H groups in total. The summed E-state index contributed by atoms with van der Waals surface area (Å²) in [5, 5.41) is 29.7. The van der Waals surface area contributed by atoms with Gasteiger partial charge in [0, 0.05) is 11.8 Å². The molecule has 1 aromatic carbocycles. The maximum absolute atomic E-state index is 13.4. The number of hydrogen-bond donors (Lipinski definition) is 2. The molecule has 0 radical (unpaired) electrons. The molecule has 0 amide bonds. The van der Waals surface area contributed by atoms with Crippen LogP contribution in [-0.2, 0) is 6.18 Å². The van der Waals surface area contributed by atoms with Crippen LogP contribution in [0.15, 0.2) is 36.5 Å². The minimum atomic E-state index is -4.72. The molecule has 1 spiro atoms. The highest BCUT2D eigenvalue weighted by atomic mass is 32.1. The Hall–Kier alpha value is -2.90. The van der Waals surface area contributed by atoms with Crippen LogP contribution in [0, 0.1) is 11.3 Å². The molecule has 1 saturated carbocycles. The Morgan fingerprint density at radius 1 is 1.21 bits per heavy atom. The van der Waals surface area contributed by atoms with Crippen LogP contribution in [0.1, 0.15) is 30.4 Å². The Balaban J connectivity index is 1.81. The Morgan fingerprint density at radius 3 is 2.41 bits per heavy atom. The summed E-state index contributed by atoms with van der Waals surface area (Å²) in [6.07, 6.45) is -2.48. The van der Waals surface area contributed by atoms with Crippen LogP contribution in [0.5, 0.6) is 5.88 Å². The van der Waals surface area contributed by atoms with E-state index in [9.17, 15) is 23.4 Å². The van der Waals surface area contributed by atoms with Crippen molar-refractivity contribution in [2.75, 3.05) is 9.80 Å². The summed E-state index contributed by atoms with van der Waals surface area (Å²) in [4.78, 5) is 6.81. The fourth-order valence-electron chi connectivity index (χ4n) is 3.92. The topological polar surface area (TPSA) is 83.6 Å². The number of aliphatic hydroxyl groups excluding tert-OH is 1. The summed E-state index contributed by atoms with van der Waals surface area (Å²) >= 11 is 5.54. The van der Waals surface area contributed by atoms with E-state index < -0.39 is 29.1 Å². The first-order chi connectivity index (χ1) is 13.7. The van der Waals surface area contributed by atoms with E-state index >= 15 is 0 Å². The number of nitrogens with zero attached hydrogens (tertiary/aromatic N) is 4. The molecular weight excluding hydrogens is 405 g/mol. The number of aromatic nitrogens is 1. The van der Waals surface area contributed by atoms with Gasteiger partial charge in [0.1, 0.15) is 0 Å². The predicted octanol–water partition coefficient (Wildman–Crippen LogP) is 3.53. The monoisotopic (exact) mass is 420 g/mol. The van der Waals surface area contributed by atoms with E-state index in [0.717, 1.165) is 18.6 Å². The number of benzene rings is 1. The van der Waals surface area contributed by atoms with Crippen LogP contribution in [0.25, 0.3) is 0 Å². The third-order valence-corrected chi connectivity index (χ3v) is 5.86. The van der Waals surface area contributed by atoms with E-state index in [1.807, 2.05) is 0 Å². The van der Waals surface area contributed by atoms with E-state index in [1.54, 1.807) is 17.0 Å². The van der Waals surface area contributed by atoms with Crippen molar-refractivity contribution in [3.8, 4) is 11.9 Å². The van der Waals surface area contributed by atoms with Gasteiger partial charge in [-0.3, -0.25) is 4.90 Å². The number of hydrogen-bond acceptors (Lipinski definition) is 5. The molecule has 1 aliphatic heterocycles. The SMILES string of the molecule is N#Cc1ccc(N2C(=S)N(c3ccc(O)nc3)C3(CCC3)C2O)cc1C(F)(F)F. The molecule has 1 aromatic heterocycles. The van der Waals surface area contributed by atoms with Crippen molar-refractivity contribution in [1.82, 2.24) is 4.98 Å². The minimum Gasteiger partial charge on any atom is -0.493 e. The molecule has 1 saturated heterocycles. The molecule has 29 heavy (non-hydrogen) atoms. The van der Waals surface area contributed by atoms with Gasteiger partial charge in [-0.05, 0) is 55.7 Å². The van der Waals surface area contributed by atoms with Crippen LogP contribution in [0.4, 0.5) is 24.5 Å². The third kappa shape index (κ3) is 2.89. The molecular formula is C19H15F3N4O2S. The maximum atomic E-state index is 13.4. The van der Waals surface area contributed by atoms with Gasteiger partial charge >= 0.3 is 6.18 Å². The zero-order chi connectivity index (χ0) is 21.0. The van der Waals surface area contributed by atoms with Gasteiger partial charge < -0.3 is 15.1 Å². The zero-order valence-corrected chi connectivity index (χ0v) is 15.7. The second-order valence-corrected chi connectivity index (χ2v) is 7.40. The molecule has 10 heteroatoms. The summed E-state index contributed by atoms with van der Waals surface area (Å²) in [6, 6.07) is 7.76. The summed E-state index contributed by atoms with van der Waals surface area (Å²) < 4.78 is 40.2. The normalized spacial score (nSPS) is 20.7. The van der Waals surface area contributed by atoms with Gasteiger partial charge in [0.25, 0.3) is 0 Å². The summed E-state index contributed by atoms with van der Waals surface area (Å²) in [5.41, 5.74) is -1.80. The fourth-order valence-corrected chi connectivity index (χ4v) is 4.42. The van der Waals surface area contributed by atoms with Crippen molar-refractivity contribution in [2.45, 2.75) is 37.2 Å². The molecule has 1 aliphatic carbocycles. The molecule has 2 heterocycles. The van der Waals surface area contributed by atoms with Crippen LogP contribution in [0.3, 0.4) is 0 Å². The molecule has 2 fully saturated rings. The first kappa shape index (κ1) is 19.4. The minimum absolute atomic E-state index is 0.0503. The Kier molecular flexibility index (Phi) is 4.40. The lowest BCUT2D eigenvalue weighted by Gasteiger charge is -2.46. The second-order valence-electron chi connectivity index (χ2n) is 7.03. The van der Waals surface area contributed by atoms with Crippen molar-refractivity contribution in [2.24, 2.45) is 0 Å². The van der Waals surface area contributed by atoms with Gasteiger partial charge in [0.05, 0.1) is 34.6 Å². The smallest absolute Gasteiger partial charge is 0.417 e. The highest BCUT2D eigenvalue weighted by Crippen LogP contribution is 2.50.